The molecular weight excluding hydrogens is 262 g/mol. The van der Waals surface area contributed by atoms with Gasteiger partial charge in [0, 0.05) is 0 Å². The van der Waals surface area contributed by atoms with Gasteiger partial charge in [0.15, 0.2) is 0 Å². The number of benzene rings is 1. The van der Waals surface area contributed by atoms with Gasteiger partial charge in [-0.1, -0.05) is 24.6 Å². The normalized spacial score (nSPS) is 13.3. The Labute approximate surface area is 116 Å². The molecule has 1 atom stereocenters. The highest BCUT2D eigenvalue weighted by molar-refractivity contribution is 7.89. The molecule has 0 fully saturated rings. The Balaban J connectivity index is 2.33. The van der Waals surface area contributed by atoms with Crippen LogP contribution in [0.2, 0.25) is 0 Å². The monoisotopic (exact) mass is 285 g/mol. The molecule has 4 nitrogen and oxygen atoms in total. The molecule has 0 saturated heterocycles. The lowest BCUT2D eigenvalue weighted by atomic mass is 10.1. The minimum absolute atomic E-state index is 0.0394. The molecule has 0 aliphatic heterocycles. The largest absolute Gasteiger partial charge is 0.493 e. The highest BCUT2D eigenvalue weighted by Gasteiger charge is 2.09. The van der Waals surface area contributed by atoms with Gasteiger partial charge in [-0.15, -0.1) is 0 Å². The third-order valence-electron chi connectivity index (χ3n) is 3.09. The molecule has 0 amide bonds. The van der Waals surface area contributed by atoms with Gasteiger partial charge in [0.25, 0.3) is 0 Å². The van der Waals surface area contributed by atoms with Gasteiger partial charge < -0.3 is 4.74 Å². The SMILES string of the molecule is Cc1ccc(OCCC(C)CCS(N)(=O)=O)c(C)c1. The molecule has 0 heterocycles. The van der Waals surface area contributed by atoms with Crippen molar-refractivity contribution in [3.8, 4) is 5.75 Å². The molecule has 1 unspecified atom stereocenters. The molecule has 0 aliphatic carbocycles. The van der Waals surface area contributed by atoms with Gasteiger partial charge in [-0.2, -0.15) is 0 Å². The Bertz CT molecular complexity index is 511. The van der Waals surface area contributed by atoms with E-state index in [1.807, 2.05) is 32.9 Å². The van der Waals surface area contributed by atoms with Crippen molar-refractivity contribution in [3.05, 3.63) is 29.3 Å². The first-order chi connectivity index (χ1) is 8.78. The van der Waals surface area contributed by atoms with Crippen LogP contribution in [0.5, 0.6) is 5.75 Å². The van der Waals surface area contributed by atoms with Crippen LogP contribution in [0.25, 0.3) is 0 Å². The van der Waals surface area contributed by atoms with Crippen molar-refractivity contribution >= 4 is 10.0 Å². The lowest BCUT2D eigenvalue weighted by Crippen LogP contribution is -2.18. The molecule has 1 rings (SSSR count). The maximum absolute atomic E-state index is 10.9. The van der Waals surface area contributed by atoms with E-state index in [9.17, 15) is 8.42 Å². The first-order valence-electron chi connectivity index (χ1n) is 6.48. The van der Waals surface area contributed by atoms with Crippen molar-refractivity contribution in [2.45, 2.75) is 33.6 Å². The van der Waals surface area contributed by atoms with Gasteiger partial charge >= 0.3 is 0 Å². The maximum atomic E-state index is 10.9. The van der Waals surface area contributed by atoms with Crippen LogP contribution in [0.4, 0.5) is 0 Å². The van der Waals surface area contributed by atoms with Gasteiger partial charge in [-0.05, 0) is 44.2 Å². The van der Waals surface area contributed by atoms with Gasteiger partial charge in [0.05, 0.1) is 12.4 Å². The zero-order valence-corrected chi connectivity index (χ0v) is 12.7. The lowest BCUT2D eigenvalue weighted by molar-refractivity contribution is 0.280. The molecule has 19 heavy (non-hydrogen) atoms. The van der Waals surface area contributed by atoms with Crippen molar-refractivity contribution in [1.29, 1.82) is 0 Å². The first kappa shape index (κ1) is 16.0. The van der Waals surface area contributed by atoms with Gasteiger partial charge in [0.1, 0.15) is 5.75 Å². The highest BCUT2D eigenvalue weighted by atomic mass is 32.2. The van der Waals surface area contributed by atoms with E-state index >= 15 is 0 Å². The second-order valence-corrected chi connectivity index (χ2v) is 6.90. The third-order valence-corrected chi connectivity index (χ3v) is 3.90. The Morgan fingerprint density at radius 3 is 2.53 bits per heavy atom. The predicted octanol–water partition coefficient (Wildman–Crippen LogP) is 2.39. The number of hydrogen-bond acceptors (Lipinski definition) is 3. The zero-order chi connectivity index (χ0) is 14.5. The summed E-state index contributed by atoms with van der Waals surface area (Å²) in [7, 11) is -3.35. The summed E-state index contributed by atoms with van der Waals surface area (Å²) in [6.07, 6.45) is 1.40. The molecule has 0 radical (unpaired) electrons. The fourth-order valence-electron chi connectivity index (χ4n) is 1.84. The second kappa shape index (κ2) is 6.91. The predicted molar refractivity (Wildman–Crippen MR) is 77.8 cm³/mol. The number of hydrogen-bond donors (Lipinski definition) is 1. The summed E-state index contributed by atoms with van der Waals surface area (Å²) < 4.78 is 27.4. The molecule has 0 aromatic heterocycles. The summed E-state index contributed by atoms with van der Waals surface area (Å²) in [5, 5.41) is 4.98. The van der Waals surface area contributed by atoms with Crippen LogP contribution < -0.4 is 9.88 Å². The van der Waals surface area contributed by atoms with Crippen molar-refractivity contribution in [3.63, 3.8) is 0 Å². The van der Waals surface area contributed by atoms with Crippen molar-refractivity contribution in [1.82, 2.24) is 0 Å². The molecule has 0 spiro atoms. The highest BCUT2D eigenvalue weighted by Crippen LogP contribution is 2.19. The molecule has 2 N–H and O–H groups in total. The van der Waals surface area contributed by atoms with E-state index in [2.05, 4.69) is 6.07 Å². The number of rotatable bonds is 7. The number of primary sulfonamides is 1. The van der Waals surface area contributed by atoms with Crippen LogP contribution in [0.3, 0.4) is 0 Å². The Hall–Kier alpha value is -1.07. The van der Waals surface area contributed by atoms with E-state index in [-0.39, 0.29) is 11.7 Å². The van der Waals surface area contributed by atoms with E-state index in [1.54, 1.807) is 0 Å². The molecule has 108 valence electrons. The standard InChI is InChI=1S/C14H23NO3S/c1-11(7-9-19(15,16)17)6-8-18-14-5-4-12(2)10-13(14)3/h4-5,10-11H,6-9H2,1-3H3,(H2,15,16,17). The summed E-state index contributed by atoms with van der Waals surface area (Å²) in [6.45, 7) is 6.67. The average molecular weight is 285 g/mol. The summed E-state index contributed by atoms with van der Waals surface area (Å²) >= 11 is 0. The second-order valence-electron chi connectivity index (χ2n) is 5.17. The van der Waals surface area contributed by atoms with Crippen molar-refractivity contribution in [2.24, 2.45) is 11.1 Å². The molecular formula is C14H23NO3S. The minimum Gasteiger partial charge on any atom is -0.493 e. The first-order valence-corrected chi connectivity index (χ1v) is 8.20. The Morgan fingerprint density at radius 2 is 1.95 bits per heavy atom. The van der Waals surface area contributed by atoms with Gasteiger partial charge in [0.2, 0.25) is 10.0 Å². The summed E-state index contributed by atoms with van der Waals surface area (Å²) in [5.74, 6) is 1.21. The Morgan fingerprint density at radius 1 is 1.26 bits per heavy atom. The molecule has 1 aromatic rings. The maximum Gasteiger partial charge on any atom is 0.209 e. The summed E-state index contributed by atoms with van der Waals surface area (Å²) in [6, 6.07) is 6.08. The van der Waals surface area contributed by atoms with Gasteiger partial charge in [-0.3, -0.25) is 0 Å². The zero-order valence-electron chi connectivity index (χ0n) is 11.8. The minimum atomic E-state index is -3.35. The topological polar surface area (TPSA) is 69.4 Å². The van der Waals surface area contributed by atoms with Crippen LogP contribution in [0.1, 0.15) is 30.9 Å². The Kier molecular flexibility index (Phi) is 5.82. The molecule has 0 bridgehead atoms. The lowest BCUT2D eigenvalue weighted by Gasteiger charge is -2.13. The van der Waals surface area contributed by atoms with Crippen LogP contribution in [-0.2, 0) is 10.0 Å². The fourth-order valence-corrected chi connectivity index (χ4v) is 2.57. The van der Waals surface area contributed by atoms with Crippen LogP contribution in [0.15, 0.2) is 18.2 Å². The van der Waals surface area contributed by atoms with E-state index in [0.29, 0.717) is 13.0 Å². The van der Waals surface area contributed by atoms with Crippen molar-refractivity contribution in [2.75, 3.05) is 12.4 Å². The quantitative estimate of drug-likeness (QED) is 0.836. The molecule has 0 saturated carbocycles. The van der Waals surface area contributed by atoms with E-state index in [0.717, 1.165) is 17.7 Å². The molecule has 1 aromatic carbocycles. The van der Waals surface area contributed by atoms with Crippen LogP contribution >= 0.6 is 0 Å². The number of nitrogens with two attached hydrogens (primary N) is 1. The van der Waals surface area contributed by atoms with Crippen LogP contribution in [-0.4, -0.2) is 20.8 Å². The molecule has 0 aliphatic rings. The smallest absolute Gasteiger partial charge is 0.209 e. The average Bonchev–Trinajstić information content (AvgIpc) is 2.28. The third kappa shape index (κ3) is 6.59. The van der Waals surface area contributed by atoms with E-state index < -0.39 is 10.0 Å². The fraction of sp³-hybridized carbons (Fsp3) is 0.571. The summed E-state index contributed by atoms with van der Waals surface area (Å²) in [4.78, 5) is 0. The summed E-state index contributed by atoms with van der Waals surface area (Å²) in [5.41, 5.74) is 2.34. The number of sulfonamides is 1. The number of ether oxygens (including phenoxy) is 1. The van der Waals surface area contributed by atoms with E-state index in [4.69, 9.17) is 9.88 Å². The van der Waals surface area contributed by atoms with E-state index in [1.165, 1.54) is 5.56 Å². The van der Waals surface area contributed by atoms with Crippen molar-refractivity contribution < 1.29 is 13.2 Å². The molecule has 5 heteroatoms. The number of aryl methyl sites for hydroxylation is 2. The van der Waals surface area contributed by atoms with Gasteiger partial charge in [-0.25, -0.2) is 13.6 Å². The van der Waals surface area contributed by atoms with Crippen LogP contribution in [0, 0.1) is 19.8 Å².